The molecule has 1 fully saturated rings. The highest BCUT2D eigenvalue weighted by Crippen LogP contribution is 2.35. The molecule has 9 heteroatoms. The molecule has 2 N–H and O–H groups in total. The summed E-state index contributed by atoms with van der Waals surface area (Å²) < 4.78 is 0. The number of carbonyl (C=O) groups is 1. The number of halogens is 1. The molecule has 3 heterocycles. The number of nitrogen functional groups attached to an aromatic ring is 1. The summed E-state index contributed by atoms with van der Waals surface area (Å²) in [6.45, 7) is 8.03. The molecule has 1 saturated heterocycles. The van der Waals surface area contributed by atoms with Crippen LogP contribution in [0.5, 0.6) is 0 Å². The van der Waals surface area contributed by atoms with Crippen LogP contribution in [0.4, 0.5) is 11.8 Å². The van der Waals surface area contributed by atoms with Crippen LogP contribution in [0, 0.1) is 6.92 Å². The monoisotopic (exact) mass is 409 g/mol. The van der Waals surface area contributed by atoms with Crippen LogP contribution >= 0.6 is 11.6 Å². The second-order valence-corrected chi connectivity index (χ2v) is 7.23. The van der Waals surface area contributed by atoms with E-state index in [0.717, 1.165) is 27.8 Å². The van der Waals surface area contributed by atoms with E-state index in [1.165, 1.54) is 12.4 Å². The molecular formula is C20H20ClN7O. The highest BCUT2D eigenvalue weighted by atomic mass is 35.5. The lowest BCUT2D eigenvalue weighted by atomic mass is 10.1. The third-order valence-corrected chi connectivity index (χ3v) is 5.33. The summed E-state index contributed by atoms with van der Waals surface area (Å²) in [6, 6.07) is 3.76. The van der Waals surface area contributed by atoms with E-state index in [4.69, 9.17) is 17.3 Å². The zero-order chi connectivity index (χ0) is 20.5. The van der Waals surface area contributed by atoms with E-state index >= 15 is 0 Å². The van der Waals surface area contributed by atoms with Gasteiger partial charge in [0.15, 0.2) is 0 Å². The molecule has 0 radical (unpaired) electrons. The van der Waals surface area contributed by atoms with Gasteiger partial charge in [-0.15, -0.1) is 0 Å². The number of benzene rings is 1. The number of rotatable bonds is 3. The lowest BCUT2D eigenvalue weighted by Crippen LogP contribution is -2.48. The SMILES string of the molecule is C=CC(=O)N1CCN(c2ncnc3cc(-c4nc(N)ncc4C)c(Cl)cc23)CC1. The second-order valence-electron chi connectivity index (χ2n) is 6.82. The Morgan fingerprint density at radius 2 is 1.97 bits per heavy atom. The molecule has 0 spiro atoms. The van der Waals surface area contributed by atoms with Gasteiger partial charge in [-0.05, 0) is 30.7 Å². The third kappa shape index (κ3) is 3.58. The molecule has 0 bridgehead atoms. The van der Waals surface area contributed by atoms with Gasteiger partial charge in [-0.25, -0.2) is 19.9 Å². The van der Waals surface area contributed by atoms with Crippen molar-refractivity contribution in [2.24, 2.45) is 0 Å². The van der Waals surface area contributed by atoms with Crippen molar-refractivity contribution in [2.75, 3.05) is 36.8 Å². The number of anilines is 2. The highest BCUT2D eigenvalue weighted by molar-refractivity contribution is 6.34. The van der Waals surface area contributed by atoms with Crippen molar-refractivity contribution in [3.05, 3.63) is 47.9 Å². The molecule has 4 rings (SSSR count). The number of hydrogen-bond acceptors (Lipinski definition) is 7. The zero-order valence-corrected chi connectivity index (χ0v) is 16.7. The van der Waals surface area contributed by atoms with Crippen molar-refractivity contribution in [3.63, 3.8) is 0 Å². The number of nitrogens with two attached hydrogens (primary N) is 1. The maximum absolute atomic E-state index is 11.8. The molecule has 29 heavy (non-hydrogen) atoms. The Kier molecular flexibility index (Phi) is 5.02. The summed E-state index contributed by atoms with van der Waals surface area (Å²) in [5.74, 6) is 0.939. The van der Waals surface area contributed by atoms with Gasteiger partial charge in [-0.1, -0.05) is 18.2 Å². The molecule has 0 atom stereocenters. The average molecular weight is 410 g/mol. The largest absolute Gasteiger partial charge is 0.368 e. The number of aryl methyl sites for hydroxylation is 1. The molecule has 1 aliphatic rings. The van der Waals surface area contributed by atoms with Gasteiger partial charge in [0.05, 0.1) is 16.2 Å². The third-order valence-electron chi connectivity index (χ3n) is 5.01. The first-order valence-electron chi connectivity index (χ1n) is 9.18. The predicted octanol–water partition coefficient (Wildman–Crippen LogP) is 2.47. The van der Waals surface area contributed by atoms with Crippen LogP contribution in [0.3, 0.4) is 0 Å². The van der Waals surface area contributed by atoms with Crippen molar-refractivity contribution in [1.29, 1.82) is 0 Å². The summed E-state index contributed by atoms with van der Waals surface area (Å²) in [4.78, 5) is 33.0. The van der Waals surface area contributed by atoms with Gasteiger partial charge >= 0.3 is 0 Å². The lowest BCUT2D eigenvalue weighted by Gasteiger charge is -2.35. The van der Waals surface area contributed by atoms with Gasteiger partial charge in [-0.3, -0.25) is 4.79 Å². The standard InChI is InChI=1S/C20H20ClN7O/c1-3-17(29)27-4-6-28(7-5-27)19-14-8-15(21)13(9-16(14)24-11-25-19)18-12(2)10-23-20(22)26-18/h3,8-11H,1,4-7H2,2H3,(H2,22,23,26). The van der Waals surface area contributed by atoms with E-state index < -0.39 is 0 Å². The molecule has 0 saturated carbocycles. The summed E-state index contributed by atoms with van der Waals surface area (Å²) in [6.07, 6.45) is 4.56. The van der Waals surface area contributed by atoms with Gasteiger partial charge in [-0.2, -0.15) is 0 Å². The molecule has 3 aromatic rings. The molecule has 0 unspecified atom stereocenters. The fourth-order valence-electron chi connectivity index (χ4n) is 3.49. The van der Waals surface area contributed by atoms with E-state index in [2.05, 4.69) is 31.4 Å². The molecule has 2 aromatic heterocycles. The van der Waals surface area contributed by atoms with E-state index in [0.29, 0.717) is 36.9 Å². The van der Waals surface area contributed by atoms with Crippen molar-refractivity contribution in [3.8, 4) is 11.3 Å². The summed E-state index contributed by atoms with van der Waals surface area (Å²) in [5, 5.41) is 1.39. The molecule has 1 amide bonds. The van der Waals surface area contributed by atoms with Gasteiger partial charge in [0.1, 0.15) is 12.1 Å². The van der Waals surface area contributed by atoms with Crippen LogP contribution in [-0.4, -0.2) is 56.9 Å². The maximum atomic E-state index is 11.8. The maximum Gasteiger partial charge on any atom is 0.246 e. The van der Waals surface area contributed by atoms with Crippen LogP contribution in [0.15, 0.2) is 37.3 Å². The minimum absolute atomic E-state index is 0.0515. The van der Waals surface area contributed by atoms with Crippen LogP contribution in [0.25, 0.3) is 22.2 Å². The number of fused-ring (bicyclic) bond motifs is 1. The topological polar surface area (TPSA) is 101 Å². The van der Waals surface area contributed by atoms with Crippen molar-refractivity contribution < 1.29 is 4.79 Å². The van der Waals surface area contributed by atoms with Gasteiger partial charge in [0.2, 0.25) is 11.9 Å². The quantitative estimate of drug-likeness (QED) is 0.663. The van der Waals surface area contributed by atoms with Crippen LogP contribution in [0.2, 0.25) is 5.02 Å². The molecule has 1 aromatic carbocycles. The molecule has 0 aliphatic carbocycles. The molecular weight excluding hydrogens is 390 g/mol. The summed E-state index contributed by atoms with van der Waals surface area (Å²) in [5.41, 5.74) is 8.82. The normalized spacial score (nSPS) is 14.3. The van der Waals surface area contributed by atoms with E-state index in [9.17, 15) is 4.79 Å². The van der Waals surface area contributed by atoms with Crippen LogP contribution in [-0.2, 0) is 4.79 Å². The van der Waals surface area contributed by atoms with Gasteiger partial charge < -0.3 is 15.5 Å². The molecule has 8 nitrogen and oxygen atoms in total. The number of aromatic nitrogens is 4. The summed E-state index contributed by atoms with van der Waals surface area (Å²) in [7, 11) is 0. The Morgan fingerprint density at radius 3 is 2.69 bits per heavy atom. The number of amides is 1. The first-order valence-corrected chi connectivity index (χ1v) is 9.55. The second kappa shape index (κ2) is 7.63. The Hall–Kier alpha value is -3.26. The zero-order valence-electron chi connectivity index (χ0n) is 16.0. The van der Waals surface area contributed by atoms with Crippen LogP contribution in [0.1, 0.15) is 5.56 Å². The van der Waals surface area contributed by atoms with Crippen molar-refractivity contribution in [2.45, 2.75) is 6.92 Å². The minimum Gasteiger partial charge on any atom is -0.368 e. The fraction of sp³-hybridized carbons (Fsp3) is 0.250. The molecule has 1 aliphatic heterocycles. The first kappa shape index (κ1) is 19.1. The number of carbonyl (C=O) groups excluding carboxylic acids is 1. The lowest BCUT2D eigenvalue weighted by molar-refractivity contribution is -0.126. The minimum atomic E-state index is -0.0515. The Morgan fingerprint density at radius 1 is 1.21 bits per heavy atom. The van der Waals surface area contributed by atoms with Gasteiger partial charge in [0.25, 0.3) is 0 Å². The summed E-state index contributed by atoms with van der Waals surface area (Å²) >= 11 is 6.62. The Balaban J connectivity index is 1.72. The number of piperazine rings is 1. The Labute approximate surface area is 173 Å². The van der Waals surface area contributed by atoms with E-state index in [1.54, 1.807) is 11.1 Å². The smallest absolute Gasteiger partial charge is 0.246 e. The van der Waals surface area contributed by atoms with Crippen LogP contribution < -0.4 is 10.6 Å². The first-order chi connectivity index (χ1) is 14.0. The predicted molar refractivity (Wildman–Crippen MR) is 114 cm³/mol. The van der Waals surface area contributed by atoms with E-state index in [-0.39, 0.29) is 11.9 Å². The molecule has 148 valence electrons. The number of hydrogen-bond donors (Lipinski definition) is 1. The van der Waals surface area contributed by atoms with E-state index in [1.807, 2.05) is 19.1 Å². The fourth-order valence-corrected chi connectivity index (χ4v) is 3.75. The Bertz CT molecular complexity index is 1110. The van der Waals surface area contributed by atoms with Crippen molar-refractivity contribution in [1.82, 2.24) is 24.8 Å². The average Bonchev–Trinajstić information content (AvgIpc) is 2.74. The number of nitrogens with zero attached hydrogens (tertiary/aromatic N) is 6. The van der Waals surface area contributed by atoms with Crippen molar-refractivity contribution >= 4 is 40.2 Å². The van der Waals surface area contributed by atoms with Gasteiger partial charge in [0, 0.05) is 43.3 Å². The highest BCUT2D eigenvalue weighted by Gasteiger charge is 2.22.